The van der Waals surface area contributed by atoms with Crippen LogP contribution < -0.4 is 5.32 Å². The van der Waals surface area contributed by atoms with E-state index in [-0.39, 0.29) is 0 Å². The molecule has 0 aromatic heterocycles. The van der Waals surface area contributed by atoms with Gasteiger partial charge in [0.2, 0.25) is 0 Å². The standard InChI is InChI=1S/C14H29NO/c1-4-14(13-9-7-6-8-10-13)15-12(3)11-16-5-2/h12-15H,4-11H2,1-3H3. The summed E-state index contributed by atoms with van der Waals surface area (Å²) in [6.07, 6.45) is 8.41. The van der Waals surface area contributed by atoms with E-state index >= 15 is 0 Å². The predicted molar refractivity (Wildman–Crippen MR) is 69.7 cm³/mol. The summed E-state index contributed by atoms with van der Waals surface area (Å²) in [5.74, 6) is 0.905. The number of hydrogen-bond donors (Lipinski definition) is 1. The minimum atomic E-state index is 0.492. The third kappa shape index (κ3) is 4.84. The third-order valence-corrected chi connectivity index (χ3v) is 3.73. The summed E-state index contributed by atoms with van der Waals surface area (Å²) in [6, 6.07) is 1.20. The average Bonchev–Trinajstić information content (AvgIpc) is 2.34. The van der Waals surface area contributed by atoms with Gasteiger partial charge < -0.3 is 10.1 Å². The van der Waals surface area contributed by atoms with Crippen molar-refractivity contribution >= 4 is 0 Å². The van der Waals surface area contributed by atoms with Crippen LogP contribution >= 0.6 is 0 Å². The second-order valence-corrected chi connectivity index (χ2v) is 5.14. The van der Waals surface area contributed by atoms with Gasteiger partial charge in [-0.2, -0.15) is 0 Å². The van der Waals surface area contributed by atoms with Gasteiger partial charge in [-0.15, -0.1) is 0 Å². The van der Waals surface area contributed by atoms with Gasteiger partial charge in [0.1, 0.15) is 0 Å². The van der Waals surface area contributed by atoms with Crippen LogP contribution in [0.2, 0.25) is 0 Å². The largest absolute Gasteiger partial charge is 0.380 e. The summed E-state index contributed by atoms with van der Waals surface area (Å²) in [6.45, 7) is 8.28. The van der Waals surface area contributed by atoms with Crippen LogP contribution in [0.3, 0.4) is 0 Å². The van der Waals surface area contributed by atoms with Crippen molar-refractivity contribution in [1.29, 1.82) is 0 Å². The molecule has 16 heavy (non-hydrogen) atoms. The Hall–Kier alpha value is -0.0800. The maximum absolute atomic E-state index is 5.47. The minimum absolute atomic E-state index is 0.492. The molecule has 1 N–H and O–H groups in total. The Morgan fingerprint density at radius 2 is 1.88 bits per heavy atom. The molecule has 2 atom stereocenters. The molecule has 2 nitrogen and oxygen atoms in total. The summed E-state index contributed by atoms with van der Waals surface area (Å²) in [5, 5.41) is 3.75. The van der Waals surface area contributed by atoms with Crippen molar-refractivity contribution in [3.8, 4) is 0 Å². The Morgan fingerprint density at radius 1 is 1.19 bits per heavy atom. The molecule has 0 heterocycles. The van der Waals surface area contributed by atoms with E-state index in [1.54, 1.807) is 0 Å². The predicted octanol–water partition coefficient (Wildman–Crippen LogP) is 3.36. The van der Waals surface area contributed by atoms with E-state index in [0.29, 0.717) is 12.1 Å². The number of hydrogen-bond acceptors (Lipinski definition) is 2. The molecular weight excluding hydrogens is 198 g/mol. The van der Waals surface area contributed by atoms with Gasteiger partial charge in [-0.05, 0) is 39.0 Å². The maximum Gasteiger partial charge on any atom is 0.0616 e. The topological polar surface area (TPSA) is 21.3 Å². The SMILES string of the molecule is CCOCC(C)NC(CC)C1CCCCC1. The molecule has 0 saturated heterocycles. The highest BCUT2D eigenvalue weighted by Crippen LogP contribution is 2.27. The van der Waals surface area contributed by atoms with Gasteiger partial charge >= 0.3 is 0 Å². The first-order valence-electron chi connectivity index (χ1n) is 7.11. The molecule has 0 aromatic carbocycles. The van der Waals surface area contributed by atoms with Crippen molar-refractivity contribution in [3.05, 3.63) is 0 Å². The molecule has 2 unspecified atom stereocenters. The number of ether oxygens (including phenoxy) is 1. The Bertz CT molecular complexity index is 166. The van der Waals surface area contributed by atoms with Crippen molar-refractivity contribution in [2.45, 2.75) is 71.4 Å². The molecule has 2 heteroatoms. The first kappa shape index (κ1) is 14.0. The summed E-state index contributed by atoms with van der Waals surface area (Å²) in [5.41, 5.74) is 0. The van der Waals surface area contributed by atoms with E-state index in [1.165, 1.54) is 38.5 Å². The van der Waals surface area contributed by atoms with Crippen molar-refractivity contribution in [2.24, 2.45) is 5.92 Å². The lowest BCUT2D eigenvalue weighted by atomic mass is 9.82. The molecule has 0 radical (unpaired) electrons. The summed E-state index contributed by atoms with van der Waals surface area (Å²) in [7, 11) is 0. The van der Waals surface area contributed by atoms with Gasteiger partial charge in [-0.3, -0.25) is 0 Å². The molecule has 1 rings (SSSR count). The molecule has 0 aliphatic heterocycles. The van der Waals surface area contributed by atoms with Gasteiger partial charge in [0, 0.05) is 18.7 Å². The average molecular weight is 227 g/mol. The Morgan fingerprint density at radius 3 is 2.44 bits per heavy atom. The molecule has 1 aliphatic carbocycles. The fourth-order valence-corrected chi connectivity index (χ4v) is 2.83. The number of rotatable bonds is 7. The molecule has 96 valence electrons. The van der Waals surface area contributed by atoms with Crippen LogP contribution in [0.4, 0.5) is 0 Å². The molecule has 0 bridgehead atoms. The molecule has 1 saturated carbocycles. The van der Waals surface area contributed by atoms with Gasteiger partial charge in [0.05, 0.1) is 6.61 Å². The lowest BCUT2D eigenvalue weighted by Gasteiger charge is -2.32. The van der Waals surface area contributed by atoms with Gasteiger partial charge in [0.15, 0.2) is 0 Å². The van der Waals surface area contributed by atoms with E-state index in [2.05, 4.69) is 26.1 Å². The highest BCUT2D eigenvalue weighted by Gasteiger charge is 2.23. The summed E-state index contributed by atoms with van der Waals surface area (Å²) >= 11 is 0. The van der Waals surface area contributed by atoms with E-state index in [4.69, 9.17) is 4.74 Å². The van der Waals surface area contributed by atoms with Crippen LogP contribution in [0.15, 0.2) is 0 Å². The zero-order valence-electron chi connectivity index (χ0n) is 11.3. The van der Waals surface area contributed by atoms with E-state index in [0.717, 1.165) is 19.1 Å². The zero-order chi connectivity index (χ0) is 11.8. The third-order valence-electron chi connectivity index (χ3n) is 3.73. The molecule has 0 spiro atoms. The maximum atomic E-state index is 5.47. The van der Waals surface area contributed by atoms with Crippen LogP contribution in [-0.2, 0) is 4.74 Å². The second kappa shape index (κ2) is 8.08. The van der Waals surface area contributed by atoms with Crippen LogP contribution in [0, 0.1) is 5.92 Å². The lowest BCUT2D eigenvalue weighted by molar-refractivity contribution is 0.116. The van der Waals surface area contributed by atoms with Gasteiger partial charge in [0.25, 0.3) is 0 Å². The monoisotopic (exact) mass is 227 g/mol. The number of nitrogens with one attached hydrogen (secondary N) is 1. The molecule has 1 aliphatic rings. The lowest BCUT2D eigenvalue weighted by Crippen LogP contribution is -2.43. The molecule has 0 amide bonds. The fourth-order valence-electron chi connectivity index (χ4n) is 2.83. The second-order valence-electron chi connectivity index (χ2n) is 5.14. The highest BCUT2D eigenvalue weighted by atomic mass is 16.5. The summed E-state index contributed by atoms with van der Waals surface area (Å²) < 4.78 is 5.47. The van der Waals surface area contributed by atoms with E-state index in [9.17, 15) is 0 Å². The van der Waals surface area contributed by atoms with Gasteiger partial charge in [-0.25, -0.2) is 0 Å². The van der Waals surface area contributed by atoms with Crippen LogP contribution in [-0.4, -0.2) is 25.3 Å². The van der Waals surface area contributed by atoms with Crippen LogP contribution in [0.1, 0.15) is 59.3 Å². The van der Waals surface area contributed by atoms with Crippen molar-refractivity contribution < 1.29 is 4.74 Å². The Labute approximate surface area is 101 Å². The molecule has 0 aromatic rings. The quantitative estimate of drug-likeness (QED) is 0.720. The zero-order valence-corrected chi connectivity index (χ0v) is 11.3. The van der Waals surface area contributed by atoms with Crippen LogP contribution in [0.25, 0.3) is 0 Å². The summed E-state index contributed by atoms with van der Waals surface area (Å²) in [4.78, 5) is 0. The van der Waals surface area contributed by atoms with Gasteiger partial charge in [-0.1, -0.05) is 26.2 Å². The fraction of sp³-hybridized carbons (Fsp3) is 1.00. The highest BCUT2D eigenvalue weighted by molar-refractivity contribution is 4.80. The van der Waals surface area contributed by atoms with Crippen molar-refractivity contribution in [3.63, 3.8) is 0 Å². The molecular formula is C14H29NO. The first-order chi connectivity index (χ1) is 7.77. The normalized spacial score (nSPS) is 21.9. The van der Waals surface area contributed by atoms with E-state index in [1.807, 2.05) is 0 Å². The van der Waals surface area contributed by atoms with E-state index < -0.39 is 0 Å². The minimum Gasteiger partial charge on any atom is -0.380 e. The Kier molecular flexibility index (Phi) is 7.06. The molecule has 1 fully saturated rings. The smallest absolute Gasteiger partial charge is 0.0616 e. The Balaban J connectivity index is 2.29. The van der Waals surface area contributed by atoms with Crippen molar-refractivity contribution in [1.82, 2.24) is 5.32 Å². The van der Waals surface area contributed by atoms with Crippen molar-refractivity contribution in [2.75, 3.05) is 13.2 Å². The first-order valence-corrected chi connectivity index (χ1v) is 7.11. The van der Waals surface area contributed by atoms with Crippen LogP contribution in [0.5, 0.6) is 0 Å².